The first-order valence-corrected chi connectivity index (χ1v) is 18.7. The van der Waals surface area contributed by atoms with Gasteiger partial charge in [-0.3, -0.25) is 49.8 Å². The van der Waals surface area contributed by atoms with E-state index in [1.54, 1.807) is 18.2 Å². The first-order chi connectivity index (χ1) is 27.6. The number of phenols is 1. The van der Waals surface area contributed by atoms with Gasteiger partial charge in [-0.1, -0.05) is 36.4 Å². The highest BCUT2D eigenvalue weighted by Crippen LogP contribution is 2.25. The molecule has 0 atom stereocenters. The van der Waals surface area contributed by atoms with E-state index < -0.39 is 9.85 Å². The Bertz CT molecular complexity index is 2220. The number of nitro benzene ring substituents is 2. The molecule has 3 heterocycles. The normalized spacial score (nSPS) is 15.5. The van der Waals surface area contributed by atoms with E-state index in [1.165, 1.54) is 36.4 Å². The zero-order valence-electron chi connectivity index (χ0n) is 31.5. The summed E-state index contributed by atoms with van der Waals surface area (Å²) in [5.41, 5.74) is 5.07. The van der Waals surface area contributed by atoms with Crippen LogP contribution in [0.2, 0.25) is 0 Å². The molecule has 0 saturated carbocycles. The van der Waals surface area contributed by atoms with E-state index in [2.05, 4.69) is 20.8 Å². The minimum Gasteiger partial charge on any atom is -0.508 e. The maximum Gasteiger partial charge on any atom is 0.270 e. The number of aromatic hydroxyl groups is 1. The second-order valence-electron chi connectivity index (χ2n) is 14.2. The van der Waals surface area contributed by atoms with Gasteiger partial charge in [0.25, 0.3) is 11.4 Å². The average molecular weight is 774 g/mol. The number of fused-ring (bicyclic) bond motifs is 4. The third-order valence-electron chi connectivity index (χ3n) is 9.74. The van der Waals surface area contributed by atoms with Crippen molar-refractivity contribution >= 4 is 11.4 Å². The standard InChI is InChI=1S/C42H44FN9O5/c43-35-8-1-6-32(22-35)26-50-30-38-11-3-9-36(45-38)28-47(19-16-44)17-5-18-48(27-34-24-41(52(56)57)14-15-42(34)53)20-21-49(29-37-10-4-12-39(31-50)46-37)25-33-7-2-13-40(23-33)51(54)55/h1-4,6-15,22-24,53H,5,17-21,25-31H2. The van der Waals surface area contributed by atoms with Crippen molar-refractivity contribution in [2.24, 2.45) is 0 Å². The van der Waals surface area contributed by atoms with Gasteiger partial charge in [0.2, 0.25) is 0 Å². The number of aromatic nitrogens is 2. The lowest BCUT2D eigenvalue weighted by molar-refractivity contribution is -0.385. The maximum absolute atomic E-state index is 14.3. The summed E-state index contributed by atoms with van der Waals surface area (Å²) >= 11 is 0. The minimum absolute atomic E-state index is 0.00673. The molecule has 6 rings (SSSR count). The minimum atomic E-state index is -0.490. The molecule has 4 bridgehead atoms. The highest BCUT2D eigenvalue weighted by Gasteiger charge is 2.19. The lowest BCUT2D eigenvalue weighted by atomic mass is 10.1. The van der Waals surface area contributed by atoms with Crippen LogP contribution >= 0.6 is 0 Å². The monoisotopic (exact) mass is 773 g/mol. The number of hydrogen-bond donors (Lipinski definition) is 1. The number of phenolic OH excluding ortho intramolecular Hbond substituents is 1. The van der Waals surface area contributed by atoms with Crippen LogP contribution in [0.25, 0.3) is 0 Å². The number of halogens is 1. The topological polar surface area (TPSA) is 169 Å². The molecule has 0 spiro atoms. The Morgan fingerprint density at radius 3 is 1.79 bits per heavy atom. The molecule has 57 heavy (non-hydrogen) atoms. The van der Waals surface area contributed by atoms with Crippen LogP contribution < -0.4 is 0 Å². The van der Waals surface area contributed by atoms with Crippen molar-refractivity contribution in [3.05, 3.63) is 169 Å². The highest BCUT2D eigenvalue weighted by atomic mass is 19.1. The fraction of sp³-hybridized carbons (Fsp3) is 0.310. The average Bonchev–Trinajstić information content (AvgIpc) is 3.17. The Balaban J connectivity index is 1.35. The Morgan fingerprint density at radius 1 is 0.632 bits per heavy atom. The van der Waals surface area contributed by atoms with Gasteiger partial charge in [0.15, 0.2) is 0 Å². The summed E-state index contributed by atoms with van der Waals surface area (Å²) < 4.78 is 14.3. The second kappa shape index (κ2) is 19.6. The quantitative estimate of drug-likeness (QED) is 0.0973. The van der Waals surface area contributed by atoms with Gasteiger partial charge in [0.05, 0.1) is 45.2 Å². The molecule has 0 radical (unpaired) electrons. The van der Waals surface area contributed by atoms with Gasteiger partial charge in [-0.2, -0.15) is 5.26 Å². The Labute approximate surface area is 330 Å². The maximum atomic E-state index is 14.3. The van der Waals surface area contributed by atoms with Crippen LogP contribution in [0.3, 0.4) is 0 Å². The van der Waals surface area contributed by atoms with Crippen molar-refractivity contribution < 1.29 is 19.3 Å². The van der Waals surface area contributed by atoms with Crippen molar-refractivity contribution in [1.82, 2.24) is 29.6 Å². The molecule has 2 aromatic heterocycles. The Kier molecular flexibility index (Phi) is 13.9. The summed E-state index contributed by atoms with van der Waals surface area (Å²) in [4.78, 5) is 40.8. The lowest BCUT2D eigenvalue weighted by Crippen LogP contribution is -2.36. The molecule has 294 valence electrons. The summed E-state index contributed by atoms with van der Waals surface area (Å²) in [6.45, 7) is 5.10. The van der Waals surface area contributed by atoms with Crippen molar-refractivity contribution in [3.63, 3.8) is 0 Å². The van der Waals surface area contributed by atoms with Gasteiger partial charge < -0.3 is 5.11 Å². The van der Waals surface area contributed by atoms with Crippen LogP contribution in [-0.2, 0) is 45.8 Å². The molecular formula is C42H44FN9O5. The fourth-order valence-electron chi connectivity index (χ4n) is 7.07. The number of benzene rings is 3. The predicted molar refractivity (Wildman–Crippen MR) is 211 cm³/mol. The SMILES string of the molecule is N#CCN1CCCN(Cc2cc([N+](=O)[O-])ccc2O)CCN(Cc2cccc([N+](=O)[O-])c2)Cc2cccc(n2)CN(Cc2cccc(F)c2)Cc2cccc(n2)C1. The molecule has 0 unspecified atom stereocenters. The van der Waals surface area contributed by atoms with Gasteiger partial charge in [-0.25, -0.2) is 4.39 Å². The largest absolute Gasteiger partial charge is 0.508 e. The van der Waals surface area contributed by atoms with Crippen LogP contribution in [0.4, 0.5) is 15.8 Å². The molecule has 15 heteroatoms. The van der Waals surface area contributed by atoms with Gasteiger partial charge in [-0.15, -0.1) is 0 Å². The van der Waals surface area contributed by atoms with Crippen molar-refractivity contribution in [2.75, 3.05) is 32.7 Å². The van der Waals surface area contributed by atoms with Crippen molar-refractivity contribution in [2.45, 2.75) is 52.2 Å². The molecule has 3 aromatic carbocycles. The van der Waals surface area contributed by atoms with E-state index in [0.29, 0.717) is 77.4 Å². The smallest absolute Gasteiger partial charge is 0.270 e. The van der Waals surface area contributed by atoms with Gasteiger partial charge in [-0.05, 0) is 66.6 Å². The molecule has 14 nitrogen and oxygen atoms in total. The zero-order chi connectivity index (χ0) is 40.1. The molecule has 0 fully saturated rings. The molecular weight excluding hydrogens is 730 g/mol. The van der Waals surface area contributed by atoms with Crippen LogP contribution in [0.1, 0.15) is 45.9 Å². The Morgan fingerprint density at radius 2 is 1.16 bits per heavy atom. The van der Waals surface area contributed by atoms with Crippen LogP contribution in [-0.4, -0.2) is 77.2 Å². The molecule has 1 aliphatic rings. The van der Waals surface area contributed by atoms with Crippen molar-refractivity contribution in [1.29, 1.82) is 5.26 Å². The summed E-state index contributed by atoms with van der Waals surface area (Å²) in [6, 6.07) is 31.0. The van der Waals surface area contributed by atoms with E-state index in [0.717, 1.165) is 33.9 Å². The summed E-state index contributed by atoms with van der Waals surface area (Å²) in [5.74, 6) is -0.360. The number of nitro groups is 2. The molecule has 1 N–H and O–H groups in total. The molecule has 1 aliphatic heterocycles. The van der Waals surface area contributed by atoms with Crippen LogP contribution in [0, 0.1) is 37.4 Å². The first-order valence-electron chi connectivity index (χ1n) is 18.7. The number of nitrogens with zero attached hydrogens (tertiary/aromatic N) is 9. The molecule has 0 amide bonds. The highest BCUT2D eigenvalue weighted by molar-refractivity contribution is 5.43. The first kappa shape index (κ1) is 40.5. The van der Waals surface area contributed by atoms with Crippen molar-refractivity contribution in [3.8, 4) is 11.8 Å². The summed E-state index contributed by atoms with van der Waals surface area (Å²) in [6.07, 6.45) is 0.646. The van der Waals surface area contributed by atoms with E-state index in [4.69, 9.17) is 9.97 Å². The van der Waals surface area contributed by atoms with E-state index in [1.807, 2.05) is 53.4 Å². The number of pyridine rings is 2. The van der Waals surface area contributed by atoms with E-state index >= 15 is 0 Å². The third kappa shape index (κ3) is 12.2. The molecule has 0 aliphatic carbocycles. The number of nitriles is 1. The van der Waals surface area contributed by atoms with E-state index in [9.17, 15) is 35.0 Å². The third-order valence-corrected chi connectivity index (χ3v) is 9.74. The summed E-state index contributed by atoms with van der Waals surface area (Å²) in [7, 11) is 0. The Hall–Kier alpha value is -6.18. The number of non-ortho nitro benzene ring substituents is 2. The van der Waals surface area contributed by atoms with Crippen LogP contribution in [0.15, 0.2) is 103 Å². The molecule has 0 saturated heterocycles. The van der Waals surface area contributed by atoms with Gasteiger partial charge >= 0.3 is 0 Å². The van der Waals surface area contributed by atoms with Crippen LogP contribution in [0.5, 0.6) is 5.75 Å². The number of rotatable bonds is 9. The van der Waals surface area contributed by atoms with E-state index in [-0.39, 0.29) is 36.0 Å². The lowest BCUT2D eigenvalue weighted by Gasteiger charge is -2.29. The second-order valence-corrected chi connectivity index (χ2v) is 14.2. The predicted octanol–water partition coefficient (Wildman–Crippen LogP) is 6.57. The molecule has 5 aromatic rings. The zero-order valence-corrected chi connectivity index (χ0v) is 31.5. The number of hydrogen-bond acceptors (Lipinski definition) is 12. The van der Waals surface area contributed by atoms with Gasteiger partial charge in [0, 0.05) is 95.3 Å². The van der Waals surface area contributed by atoms with Gasteiger partial charge in [0.1, 0.15) is 11.6 Å². The summed E-state index contributed by atoms with van der Waals surface area (Å²) in [5, 5.41) is 43.7. The fourth-order valence-corrected chi connectivity index (χ4v) is 7.07.